The standard InChI is InChI=1S/C8H10O.CH2O2/c1-6-3-4-7(2)8(9)5-6;2-1-3/h3-5,9H,1-2H3;1H,(H,2,3). The molecule has 0 saturated heterocycles. The molecule has 66 valence electrons. The van der Waals surface area contributed by atoms with Crippen LogP contribution >= 0.6 is 0 Å². The monoisotopic (exact) mass is 168 g/mol. The Labute approximate surface area is 71.3 Å². The number of hydrogen-bond donors (Lipinski definition) is 2. The highest BCUT2D eigenvalue weighted by atomic mass is 16.3. The molecule has 3 nitrogen and oxygen atoms in total. The largest absolute Gasteiger partial charge is 0.508 e. The molecule has 12 heavy (non-hydrogen) atoms. The Balaban J connectivity index is 0.000000354. The minimum atomic E-state index is -0.250. The first-order valence-corrected chi connectivity index (χ1v) is 3.46. The summed E-state index contributed by atoms with van der Waals surface area (Å²) in [4.78, 5) is 8.36. The molecule has 0 aromatic heterocycles. The molecule has 0 amide bonds. The lowest BCUT2D eigenvalue weighted by atomic mass is 10.1. The van der Waals surface area contributed by atoms with Crippen molar-refractivity contribution in [1.82, 2.24) is 0 Å². The van der Waals surface area contributed by atoms with Crippen molar-refractivity contribution >= 4 is 6.47 Å². The summed E-state index contributed by atoms with van der Waals surface area (Å²) < 4.78 is 0. The van der Waals surface area contributed by atoms with Gasteiger partial charge in [0.1, 0.15) is 5.75 Å². The van der Waals surface area contributed by atoms with Gasteiger partial charge in [-0.25, -0.2) is 0 Å². The lowest BCUT2D eigenvalue weighted by Gasteiger charge is -1.97. The lowest BCUT2D eigenvalue weighted by molar-refractivity contribution is -0.122. The van der Waals surface area contributed by atoms with E-state index in [9.17, 15) is 0 Å². The molecule has 2 N–H and O–H groups in total. The molecule has 0 radical (unpaired) electrons. The van der Waals surface area contributed by atoms with E-state index >= 15 is 0 Å². The van der Waals surface area contributed by atoms with E-state index in [0.29, 0.717) is 5.75 Å². The van der Waals surface area contributed by atoms with Crippen LogP contribution in [0.1, 0.15) is 11.1 Å². The number of carboxylic acid groups (broad SMARTS) is 1. The first-order chi connectivity index (χ1) is 5.61. The van der Waals surface area contributed by atoms with Crippen LogP contribution in [0.4, 0.5) is 0 Å². The Morgan fingerprint density at radius 1 is 1.33 bits per heavy atom. The zero-order valence-corrected chi connectivity index (χ0v) is 7.11. The average Bonchev–Trinajstić information content (AvgIpc) is 1.99. The lowest BCUT2D eigenvalue weighted by Crippen LogP contribution is -1.74. The fraction of sp³-hybridized carbons (Fsp3) is 0.222. The van der Waals surface area contributed by atoms with Crippen LogP contribution in [0.15, 0.2) is 18.2 Å². The fourth-order valence-corrected chi connectivity index (χ4v) is 0.719. The van der Waals surface area contributed by atoms with Gasteiger partial charge < -0.3 is 10.2 Å². The summed E-state index contributed by atoms with van der Waals surface area (Å²) in [6.07, 6.45) is 0. The molecule has 1 rings (SSSR count). The Kier molecular flexibility index (Phi) is 4.53. The van der Waals surface area contributed by atoms with Crippen LogP contribution < -0.4 is 0 Å². The summed E-state index contributed by atoms with van der Waals surface area (Å²) in [7, 11) is 0. The molecule has 0 unspecified atom stereocenters. The topological polar surface area (TPSA) is 57.5 Å². The smallest absolute Gasteiger partial charge is 0.290 e. The van der Waals surface area contributed by atoms with Crippen molar-refractivity contribution in [2.24, 2.45) is 0 Å². The van der Waals surface area contributed by atoms with Gasteiger partial charge in [0.2, 0.25) is 0 Å². The highest BCUT2D eigenvalue weighted by Crippen LogP contribution is 2.15. The molecule has 0 heterocycles. The number of aryl methyl sites for hydroxylation is 2. The van der Waals surface area contributed by atoms with Crippen LogP contribution in [-0.2, 0) is 4.79 Å². The van der Waals surface area contributed by atoms with E-state index in [1.807, 2.05) is 26.0 Å². The molecule has 0 fully saturated rings. The predicted octanol–water partition coefficient (Wildman–Crippen LogP) is 1.71. The molecule has 0 bridgehead atoms. The van der Waals surface area contributed by atoms with Crippen LogP contribution in [0.2, 0.25) is 0 Å². The number of carbonyl (C=O) groups is 1. The second-order valence-corrected chi connectivity index (χ2v) is 2.40. The molecule has 0 atom stereocenters. The van der Waals surface area contributed by atoms with Gasteiger partial charge in [0, 0.05) is 0 Å². The molecule has 0 aliphatic rings. The van der Waals surface area contributed by atoms with Gasteiger partial charge in [-0.2, -0.15) is 0 Å². The zero-order valence-electron chi connectivity index (χ0n) is 7.11. The molecule has 0 spiro atoms. The highest BCUT2D eigenvalue weighted by Gasteiger charge is 1.91. The van der Waals surface area contributed by atoms with Crippen molar-refractivity contribution in [3.63, 3.8) is 0 Å². The summed E-state index contributed by atoms with van der Waals surface area (Å²) in [6, 6.07) is 5.65. The van der Waals surface area contributed by atoms with E-state index in [2.05, 4.69) is 0 Å². The van der Waals surface area contributed by atoms with Crippen molar-refractivity contribution in [1.29, 1.82) is 0 Å². The molecule has 1 aromatic rings. The van der Waals surface area contributed by atoms with Gasteiger partial charge in [-0.15, -0.1) is 0 Å². The summed E-state index contributed by atoms with van der Waals surface area (Å²) >= 11 is 0. The third-order valence-corrected chi connectivity index (χ3v) is 1.36. The molecule has 3 heteroatoms. The molecule has 0 aliphatic carbocycles. The van der Waals surface area contributed by atoms with Crippen molar-refractivity contribution in [3.8, 4) is 5.75 Å². The van der Waals surface area contributed by atoms with Gasteiger partial charge in [0.15, 0.2) is 0 Å². The minimum absolute atomic E-state index is 0.250. The summed E-state index contributed by atoms with van der Waals surface area (Å²) in [5.74, 6) is 0.384. The Hall–Kier alpha value is -1.51. The van der Waals surface area contributed by atoms with Crippen LogP contribution in [0.3, 0.4) is 0 Å². The van der Waals surface area contributed by atoms with Crippen molar-refractivity contribution in [3.05, 3.63) is 29.3 Å². The third-order valence-electron chi connectivity index (χ3n) is 1.36. The van der Waals surface area contributed by atoms with Gasteiger partial charge in [-0.05, 0) is 31.0 Å². The van der Waals surface area contributed by atoms with E-state index < -0.39 is 0 Å². The number of rotatable bonds is 0. The number of aromatic hydroxyl groups is 1. The molecular formula is C9H12O3. The zero-order chi connectivity index (χ0) is 9.56. The second kappa shape index (κ2) is 5.18. The Bertz CT molecular complexity index is 256. The van der Waals surface area contributed by atoms with Gasteiger partial charge in [0.05, 0.1) is 0 Å². The predicted molar refractivity (Wildman–Crippen MR) is 46.3 cm³/mol. The molecular weight excluding hydrogens is 156 g/mol. The normalized spacial score (nSPS) is 8.17. The van der Waals surface area contributed by atoms with E-state index in [1.165, 1.54) is 0 Å². The first-order valence-electron chi connectivity index (χ1n) is 3.46. The maximum absolute atomic E-state index is 9.10. The van der Waals surface area contributed by atoms with E-state index in [4.69, 9.17) is 15.0 Å². The van der Waals surface area contributed by atoms with Crippen molar-refractivity contribution < 1.29 is 15.0 Å². The maximum Gasteiger partial charge on any atom is 0.290 e. The fourth-order valence-electron chi connectivity index (χ4n) is 0.719. The van der Waals surface area contributed by atoms with E-state index in [0.717, 1.165) is 11.1 Å². The minimum Gasteiger partial charge on any atom is -0.508 e. The number of benzene rings is 1. The maximum atomic E-state index is 9.10. The Morgan fingerprint density at radius 2 is 1.83 bits per heavy atom. The number of hydrogen-bond acceptors (Lipinski definition) is 2. The summed E-state index contributed by atoms with van der Waals surface area (Å²) in [5, 5.41) is 16.0. The van der Waals surface area contributed by atoms with E-state index in [-0.39, 0.29) is 6.47 Å². The van der Waals surface area contributed by atoms with Gasteiger partial charge in [-0.3, -0.25) is 4.79 Å². The van der Waals surface area contributed by atoms with E-state index in [1.54, 1.807) is 6.07 Å². The summed E-state index contributed by atoms with van der Waals surface area (Å²) in [5.41, 5.74) is 2.03. The third kappa shape index (κ3) is 3.61. The quantitative estimate of drug-likeness (QED) is 0.580. The average molecular weight is 168 g/mol. The van der Waals surface area contributed by atoms with Crippen LogP contribution in [0.5, 0.6) is 5.75 Å². The second-order valence-electron chi connectivity index (χ2n) is 2.40. The molecule has 0 aliphatic heterocycles. The molecule has 0 saturated carbocycles. The van der Waals surface area contributed by atoms with Crippen LogP contribution in [0.25, 0.3) is 0 Å². The highest BCUT2D eigenvalue weighted by molar-refractivity contribution is 5.34. The molecule has 1 aromatic carbocycles. The summed E-state index contributed by atoms with van der Waals surface area (Å²) in [6.45, 7) is 3.59. The van der Waals surface area contributed by atoms with Crippen LogP contribution in [0, 0.1) is 13.8 Å². The SMILES string of the molecule is Cc1ccc(C)c(O)c1.O=CO. The van der Waals surface area contributed by atoms with Gasteiger partial charge in [0.25, 0.3) is 6.47 Å². The van der Waals surface area contributed by atoms with Crippen LogP contribution in [-0.4, -0.2) is 16.7 Å². The number of phenolic OH excluding ortho intramolecular Hbond substituents is 1. The van der Waals surface area contributed by atoms with Gasteiger partial charge >= 0.3 is 0 Å². The van der Waals surface area contributed by atoms with Gasteiger partial charge in [-0.1, -0.05) is 12.1 Å². The Morgan fingerprint density at radius 3 is 2.17 bits per heavy atom. The first kappa shape index (κ1) is 10.5. The van der Waals surface area contributed by atoms with Crippen molar-refractivity contribution in [2.75, 3.05) is 0 Å². The van der Waals surface area contributed by atoms with Crippen molar-refractivity contribution in [2.45, 2.75) is 13.8 Å². The number of phenols is 1.